The van der Waals surface area contributed by atoms with Crippen LogP contribution in [0.15, 0.2) is 23.2 Å². The number of carboxylic acid groups (broad SMARTS) is 1. The molecule has 3 saturated carbocycles. The average molecular weight is 773 g/mol. The number of esters is 1. The number of rotatable bonds is 17. The second-order valence-corrected chi connectivity index (χ2v) is 18.0. The van der Waals surface area contributed by atoms with Crippen LogP contribution in [0.25, 0.3) is 10.9 Å². The van der Waals surface area contributed by atoms with E-state index in [0.29, 0.717) is 70.3 Å². The molecule has 11 nitrogen and oxygen atoms in total. The molecule has 6 rings (SSSR count). The van der Waals surface area contributed by atoms with Gasteiger partial charge in [-0.2, -0.15) is 0 Å². The number of pyridine rings is 1. The molecule has 1 aromatic carbocycles. The van der Waals surface area contributed by atoms with Crippen molar-refractivity contribution in [3.8, 4) is 11.5 Å². The van der Waals surface area contributed by atoms with E-state index in [9.17, 15) is 24.3 Å². The van der Waals surface area contributed by atoms with Gasteiger partial charge in [-0.05, 0) is 66.7 Å². The van der Waals surface area contributed by atoms with E-state index < -0.39 is 40.8 Å². The summed E-state index contributed by atoms with van der Waals surface area (Å²) >= 11 is 8.36. The van der Waals surface area contributed by atoms with Gasteiger partial charge in [0.15, 0.2) is 5.78 Å². The van der Waals surface area contributed by atoms with Gasteiger partial charge in [-0.3, -0.25) is 19.2 Å². The number of fused-ring (bicyclic) bond motifs is 2. The van der Waals surface area contributed by atoms with E-state index in [-0.39, 0.29) is 49.5 Å². The number of thioether (sulfide) groups is 1. The lowest BCUT2D eigenvalue weighted by Gasteiger charge is -2.35. The first kappa shape index (κ1) is 39.6. The fourth-order valence-electron chi connectivity index (χ4n) is 8.48. The zero-order valence-corrected chi connectivity index (χ0v) is 33.2. The van der Waals surface area contributed by atoms with E-state index in [4.69, 9.17) is 35.5 Å². The van der Waals surface area contributed by atoms with Crippen LogP contribution in [0.5, 0.6) is 11.5 Å². The van der Waals surface area contributed by atoms with Gasteiger partial charge in [0.1, 0.15) is 40.4 Å². The summed E-state index contributed by atoms with van der Waals surface area (Å²) in [6, 6.07) is 4.52. The first-order valence-electron chi connectivity index (χ1n) is 19.0. The highest BCUT2D eigenvalue weighted by atomic mass is 35.5. The Bertz CT molecular complexity index is 1720. The van der Waals surface area contributed by atoms with Gasteiger partial charge in [0.25, 0.3) is 0 Å². The van der Waals surface area contributed by atoms with Crippen LogP contribution in [-0.4, -0.2) is 89.5 Å². The quantitative estimate of drug-likeness (QED) is 0.0989. The monoisotopic (exact) mass is 772 g/mol. The molecule has 4 aliphatic rings. The Morgan fingerprint density at radius 3 is 2.42 bits per heavy atom. The molecule has 1 aromatic heterocycles. The van der Waals surface area contributed by atoms with Crippen LogP contribution >= 0.6 is 23.4 Å². The average Bonchev–Trinajstić information content (AvgIpc) is 3.91. The van der Waals surface area contributed by atoms with Crippen molar-refractivity contribution in [1.82, 2.24) is 9.88 Å². The fraction of sp³-hybridized carbons (Fsp3) is 0.675. The molecule has 1 saturated heterocycles. The lowest BCUT2D eigenvalue weighted by atomic mass is 9.77. The number of hydrogen-bond donors (Lipinski definition) is 1. The molecule has 1 amide bonds. The van der Waals surface area contributed by atoms with Crippen molar-refractivity contribution in [2.75, 3.05) is 32.6 Å². The number of Topliss-reactive ketones (excluding diaryl/α,β-unsaturated/α-hetero) is 1. The Labute approximate surface area is 321 Å². The van der Waals surface area contributed by atoms with E-state index in [0.717, 1.165) is 18.6 Å². The maximum absolute atomic E-state index is 14.7. The molecule has 290 valence electrons. The minimum Gasteiger partial charge on any atom is -0.490 e. The number of amides is 1. The van der Waals surface area contributed by atoms with Crippen LogP contribution in [0, 0.1) is 34.5 Å². The molecule has 3 aliphatic carbocycles. The van der Waals surface area contributed by atoms with Crippen molar-refractivity contribution < 1.29 is 43.2 Å². The third-order valence-corrected chi connectivity index (χ3v) is 12.9. The van der Waals surface area contributed by atoms with E-state index in [1.54, 1.807) is 18.1 Å². The van der Waals surface area contributed by atoms with Gasteiger partial charge in [0.2, 0.25) is 5.91 Å². The highest BCUT2D eigenvalue weighted by molar-refractivity contribution is 7.99. The number of likely N-dealkylation sites (tertiary alicyclic amines) is 1. The number of carbonyl (C=O) groups excluding carboxylic acids is 3. The van der Waals surface area contributed by atoms with Crippen molar-refractivity contribution in [2.24, 2.45) is 34.5 Å². The van der Waals surface area contributed by atoms with Gasteiger partial charge in [-0.1, -0.05) is 52.6 Å². The van der Waals surface area contributed by atoms with Crippen molar-refractivity contribution in [3.63, 3.8) is 0 Å². The minimum atomic E-state index is -1.12. The molecule has 0 radical (unpaired) electrons. The van der Waals surface area contributed by atoms with E-state index in [1.807, 2.05) is 46.8 Å². The number of aromatic nitrogens is 1. The second-order valence-electron chi connectivity index (χ2n) is 16.4. The van der Waals surface area contributed by atoms with Crippen molar-refractivity contribution in [1.29, 1.82) is 0 Å². The molecule has 2 aromatic rings. The first-order valence-corrected chi connectivity index (χ1v) is 20.4. The Morgan fingerprint density at radius 2 is 1.79 bits per heavy atom. The number of halogens is 1. The number of benzene rings is 1. The Hall–Kier alpha value is -3.09. The summed E-state index contributed by atoms with van der Waals surface area (Å²) in [5.74, 6) is 0.152. The molecule has 0 bridgehead atoms. The Kier molecular flexibility index (Phi) is 11.9. The van der Waals surface area contributed by atoms with Crippen LogP contribution in [0.2, 0.25) is 5.02 Å². The number of ether oxygens (including phenoxy) is 4. The maximum Gasteiger partial charge on any atom is 0.310 e. The van der Waals surface area contributed by atoms with Gasteiger partial charge in [0, 0.05) is 31.4 Å². The summed E-state index contributed by atoms with van der Waals surface area (Å²) in [7, 11) is 1.59. The molecule has 53 heavy (non-hydrogen) atoms. The normalized spacial score (nSPS) is 28.0. The summed E-state index contributed by atoms with van der Waals surface area (Å²) in [6.07, 6.45) is 3.26. The molecular weight excluding hydrogens is 720 g/mol. The highest BCUT2D eigenvalue weighted by Crippen LogP contribution is 2.58. The Balaban J connectivity index is 1.28. The van der Waals surface area contributed by atoms with Crippen LogP contribution in [0.1, 0.15) is 86.0 Å². The summed E-state index contributed by atoms with van der Waals surface area (Å²) in [5.41, 5.74) is -1.25. The van der Waals surface area contributed by atoms with Crippen molar-refractivity contribution in [3.05, 3.63) is 23.2 Å². The maximum atomic E-state index is 14.7. The number of nitrogens with zero attached hydrogens (tertiary/aromatic N) is 2. The van der Waals surface area contributed by atoms with Crippen LogP contribution in [-0.2, 0) is 28.7 Å². The molecule has 0 spiro atoms. The van der Waals surface area contributed by atoms with Gasteiger partial charge < -0.3 is 29.0 Å². The zero-order chi connectivity index (χ0) is 38.2. The van der Waals surface area contributed by atoms with Gasteiger partial charge >= 0.3 is 11.9 Å². The van der Waals surface area contributed by atoms with Gasteiger partial charge in [0.05, 0.1) is 42.5 Å². The topological polar surface area (TPSA) is 142 Å². The van der Waals surface area contributed by atoms with E-state index in [2.05, 4.69) is 0 Å². The summed E-state index contributed by atoms with van der Waals surface area (Å²) < 4.78 is 23.5. The van der Waals surface area contributed by atoms with E-state index in [1.165, 1.54) is 18.2 Å². The van der Waals surface area contributed by atoms with Gasteiger partial charge in [-0.15, -0.1) is 11.8 Å². The second kappa shape index (κ2) is 15.9. The standard InChI is InChI=1S/C40H53ClN2O9S/c1-7-24-19-40(24,38(47)48)20-30(44)29-16-26(21-43(29)37(46)28(39(3,4)5)17-34(45)52-25-14-22-13-23(22)15-25)51-32-18-33(53-8-2)42-36-27(32)9-10-31(35(36)41)50-12-11-49-6/h9-10,18,22-26,28-29H,7-8,11-17,19-21H2,1-6H3,(H,47,48)/t22-,23+,24-,25?,26-,28-,29+,40-/m1/s1. The number of aliphatic carboxylic acids is 1. The number of ketones is 1. The van der Waals surface area contributed by atoms with E-state index >= 15 is 0 Å². The predicted molar refractivity (Wildman–Crippen MR) is 201 cm³/mol. The Morgan fingerprint density at radius 1 is 1.06 bits per heavy atom. The summed E-state index contributed by atoms with van der Waals surface area (Å²) in [5, 5.41) is 11.9. The molecule has 1 aliphatic heterocycles. The fourth-order valence-corrected chi connectivity index (χ4v) is 9.39. The summed E-state index contributed by atoms with van der Waals surface area (Å²) in [6.45, 7) is 10.5. The molecular formula is C40H53ClN2O9S. The third kappa shape index (κ3) is 8.59. The van der Waals surface area contributed by atoms with Crippen molar-refractivity contribution in [2.45, 2.75) is 109 Å². The molecule has 2 heterocycles. The zero-order valence-electron chi connectivity index (χ0n) is 31.7. The van der Waals surface area contributed by atoms with Crippen LogP contribution in [0.3, 0.4) is 0 Å². The number of hydrogen-bond acceptors (Lipinski definition) is 10. The molecule has 4 fully saturated rings. The lowest BCUT2D eigenvalue weighted by molar-refractivity contribution is -0.157. The lowest BCUT2D eigenvalue weighted by Crippen LogP contribution is -2.48. The van der Waals surface area contributed by atoms with Crippen LogP contribution in [0.4, 0.5) is 0 Å². The molecule has 1 N–H and O–H groups in total. The summed E-state index contributed by atoms with van der Waals surface area (Å²) in [4.78, 5) is 61.0. The first-order chi connectivity index (χ1) is 25.2. The van der Waals surface area contributed by atoms with Crippen molar-refractivity contribution >= 4 is 57.9 Å². The minimum absolute atomic E-state index is 0.0894. The number of methoxy groups -OCH3 is 1. The molecule has 13 heteroatoms. The highest BCUT2D eigenvalue weighted by Gasteiger charge is 2.61. The molecule has 8 atom stereocenters. The smallest absolute Gasteiger partial charge is 0.310 e. The predicted octanol–water partition coefficient (Wildman–Crippen LogP) is 7.23. The number of carboxylic acids is 1. The van der Waals surface area contributed by atoms with Gasteiger partial charge in [-0.25, -0.2) is 4.98 Å². The SMILES string of the molecule is CCSc1cc(O[C@@H]2C[C@@H](C(=O)C[C@]3(C(=O)O)C[C@H]3CC)N(C(=O)[C@@H](CC(=O)OC3C[C@@H]4C[C@@H]4C3)C(C)(C)C)C2)c2ccc(OCCOC)c(Cl)c2n1. The number of carbonyl (C=O) groups is 4. The third-order valence-electron chi connectivity index (χ3n) is 11.7. The largest absolute Gasteiger partial charge is 0.490 e. The molecule has 1 unspecified atom stereocenters. The van der Waals surface area contributed by atoms with Crippen LogP contribution < -0.4 is 9.47 Å².